The fourth-order valence-corrected chi connectivity index (χ4v) is 3.20. The van der Waals surface area contributed by atoms with Gasteiger partial charge in [-0.1, -0.05) is 0 Å². The Hall–Kier alpha value is -1.92. The molecule has 124 valence electrons. The van der Waals surface area contributed by atoms with Crippen LogP contribution in [0, 0.1) is 5.92 Å². The van der Waals surface area contributed by atoms with Crippen molar-refractivity contribution < 1.29 is 14.3 Å². The number of rotatable bonds is 4. The molecule has 1 amide bonds. The Kier molecular flexibility index (Phi) is 4.63. The quantitative estimate of drug-likeness (QED) is 0.817. The van der Waals surface area contributed by atoms with Gasteiger partial charge in [-0.25, -0.2) is 0 Å². The van der Waals surface area contributed by atoms with E-state index in [1.807, 2.05) is 0 Å². The Labute approximate surface area is 136 Å². The van der Waals surface area contributed by atoms with E-state index in [1.165, 1.54) is 0 Å². The molecule has 23 heavy (non-hydrogen) atoms. The van der Waals surface area contributed by atoms with Crippen molar-refractivity contribution in [3.63, 3.8) is 0 Å². The number of carbonyl (C=O) groups is 2. The van der Waals surface area contributed by atoms with Gasteiger partial charge in [0.2, 0.25) is 0 Å². The number of nitrogens with one attached hydrogen (secondary N) is 1. The molecule has 0 saturated carbocycles. The van der Waals surface area contributed by atoms with E-state index in [2.05, 4.69) is 10.2 Å². The SMILES string of the molecule is CC1Oc2ccc(C(=O)C3CCN(CCN)CC3)cc2NC1=O. The van der Waals surface area contributed by atoms with E-state index in [-0.39, 0.29) is 17.6 Å². The van der Waals surface area contributed by atoms with Gasteiger partial charge >= 0.3 is 0 Å². The summed E-state index contributed by atoms with van der Waals surface area (Å²) in [4.78, 5) is 26.7. The minimum Gasteiger partial charge on any atom is -0.479 e. The van der Waals surface area contributed by atoms with Crippen LogP contribution in [0.3, 0.4) is 0 Å². The number of nitrogens with zero attached hydrogens (tertiary/aromatic N) is 1. The van der Waals surface area contributed by atoms with Crippen LogP contribution in [-0.2, 0) is 4.79 Å². The lowest BCUT2D eigenvalue weighted by Gasteiger charge is -2.31. The Morgan fingerprint density at radius 3 is 2.83 bits per heavy atom. The number of amides is 1. The van der Waals surface area contributed by atoms with Crippen LogP contribution < -0.4 is 15.8 Å². The van der Waals surface area contributed by atoms with Gasteiger partial charge in [-0.2, -0.15) is 0 Å². The smallest absolute Gasteiger partial charge is 0.265 e. The number of Topliss-reactive ketones (excluding diaryl/α,β-unsaturated/α-hetero) is 1. The third-order valence-electron chi connectivity index (χ3n) is 4.60. The van der Waals surface area contributed by atoms with Crippen molar-refractivity contribution in [3.8, 4) is 5.75 Å². The van der Waals surface area contributed by atoms with E-state index >= 15 is 0 Å². The second-order valence-electron chi connectivity index (χ2n) is 6.23. The van der Waals surface area contributed by atoms with Gasteiger partial charge < -0.3 is 20.7 Å². The number of fused-ring (bicyclic) bond motifs is 1. The fraction of sp³-hybridized carbons (Fsp3) is 0.529. The molecular weight excluding hydrogens is 294 g/mol. The van der Waals surface area contributed by atoms with E-state index in [0.717, 1.165) is 32.5 Å². The van der Waals surface area contributed by atoms with Gasteiger partial charge in [-0.05, 0) is 51.1 Å². The summed E-state index contributed by atoms with van der Waals surface area (Å²) in [5, 5.41) is 2.79. The van der Waals surface area contributed by atoms with Gasteiger partial charge in [0.1, 0.15) is 5.75 Å². The standard InChI is InChI=1S/C17H23N3O3/c1-11-17(22)19-14-10-13(2-3-15(14)23-11)16(21)12-4-7-20(8-5-12)9-6-18/h2-3,10-12H,4-9,18H2,1H3,(H,19,22). The molecule has 1 saturated heterocycles. The summed E-state index contributed by atoms with van der Waals surface area (Å²) in [6.45, 7) is 5.07. The number of anilines is 1. The molecule has 0 aromatic heterocycles. The number of hydrogen-bond donors (Lipinski definition) is 2. The number of nitrogens with two attached hydrogens (primary N) is 1. The van der Waals surface area contributed by atoms with Crippen LogP contribution >= 0.6 is 0 Å². The highest BCUT2D eigenvalue weighted by Crippen LogP contribution is 2.32. The molecule has 2 aliphatic heterocycles. The molecule has 0 bridgehead atoms. The van der Waals surface area contributed by atoms with E-state index in [1.54, 1.807) is 25.1 Å². The van der Waals surface area contributed by atoms with Crippen molar-refractivity contribution in [2.24, 2.45) is 11.7 Å². The lowest BCUT2D eigenvalue weighted by molar-refractivity contribution is -0.122. The molecule has 1 unspecified atom stereocenters. The first-order valence-electron chi connectivity index (χ1n) is 8.16. The topological polar surface area (TPSA) is 84.7 Å². The maximum absolute atomic E-state index is 12.7. The van der Waals surface area contributed by atoms with Crippen LogP contribution in [0.2, 0.25) is 0 Å². The Morgan fingerprint density at radius 2 is 2.13 bits per heavy atom. The molecule has 1 aromatic rings. The lowest BCUT2D eigenvalue weighted by Crippen LogP contribution is -2.39. The fourth-order valence-electron chi connectivity index (χ4n) is 3.20. The molecule has 6 heteroatoms. The van der Waals surface area contributed by atoms with Gasteiger partial charge in [0.25, 0.3) is 5.91 Å². The highest BCUT2D eigenvalue weighted by molar-refractivity contribution is 6.02. The summed E-state index contributed by atoms with van der Waals surface area (Å²) in [5.74, 6) is 0.623. The number of ether oxygens (including phenoxy) is 1. The molecule has 3 rings (SSSR count). The molecule has 2 aliphatic rings. The van der Waals surface area contributed by atoms with Gasteiger partial charge in [0, 0.05) is 24.6 Å². The Bertz CT molecular complexity index is 609. The maximum Gasteiger partial charge on any atom is 0.265 e. The van der Waals surface area contributed by atoms with Gasteiger partial charge in [-0.3, -0.25) is 9.59 Å². The number of hydrogen-bond acceptors (Lipinski definition) is 5. The third kappa shape index (κ3) is 3.38. The van der Waals surface area contributed by atoms with E-state index in [0.29, 0.717) is 23.5 Å². The maximum atomic E-state index is 12.7. The highest BCUT2D eigenvalue weighted by Gasteiger charge is 2.28. The normalized spacial score (nSPS) is 22.2. The van der Waals surface area contributed by atoms with E-state index in [9.17, 15) is 9.59 Å². The summed E-state index contributed by atoms with van der Waals surface area (Å²) in [7, 11) is 0. The second kappa shape index (κ2) is 6.68. The predicted molar refractivity (Wildman–Crippen MR) is 87.7 cm³/mol. The number of likely N-dealkylation sites (tertiary alicyclic amines) is 1. The van der Waals surface area contributed by atoms with Crippen molar-refractivity contribution >= 4 is 17.4 Å². The van der Waals surface area contributed by atoms with Crippen molar-refractivity contribution in [1.29, 1.82) is 0 Å². The molecule has 0 radical (unpaired) electrons. The minimum absolute atomic E-state index is 0.0428. The van der Waals surface area contributed by atoms with Crippen LogP contribution in [0.15, 0.2) is 18.2 Å². The molecule has 3 N–H and O–H groups in total. The molecular formula is C17H23N3O3. The largest absolute Gasteiger partial charge is 0.479 e. The minimum atomic E-state index is -0.504. The number of ketones is 1. The molecule has 6 nitrogen and oxygen atoms in total. The number of carbonyl (C=O) groups excluding carboxylic acids is 2. The molecule has 0 spiro atoms. The lowest BCUT2D eigenvalue weighted by atomic mass is 9.88. The van der Waals surface area contributed by atoms with Gasteiger partial charge in [0.05, 0.1) is 5.69 Å². The number of piperidine rings is 1. The summed E-state index contributed by atoms with van der Waals surface area (Å²) in [6, 6.07) is 5.29. The zero-order valence-electron chi connectivity index (χ0n) is 13.4. The van der Waals surface area contributed by atoms with Crippen LogP contribution in [0.1, 0.15) is 30.1 Å². The molecule has 1 atom stereocenters. The first-order chi connectivity index (χ1) is 11.1. The average Bonchev–Trinajstić information content (AvgIpc) is 2.56. The summed E-state index contributed by atoms with van der Waals surface area (Å²) >= 11 is 0. The van der Waals surface area contributed by atoms with Crippen molar-refractivity contribution in [2.75, 3.05) is 31.5 Å². The first kappa shape index (κ1) is 16.0. The zero-order valence-corrected chi connectivity index (χ0v) is 13.4. The summed E-state index contributed by atoms with van der Waals surface area (Å²) < 4.78 is 5.52. The average molecular weight is 317 g/mol. The van der Waals surface area contributed by atoms with Crippen molar-refractivity contribution in [3.05, 3.63) is 23.8 Å². The van der Waals surface area contributed by atoms with Crippen molar-refractivity contribution in [1.82, 2.24) is 4.90 Å². The van der Waals surface area contributed by atoms with Crippen LogP contribution in [0.5, 0.6) is 5.75 Å². The predicted octanol–water partition coefficient (Wildman–Crippen LogP) is 1.26. The second-order valence-corrected chi connectivity index (χ2v) is 6.23. The molecule has 1 fully saturated rings. The monoisotopic (exact) mass is 317 g/mol. The highest BCUT2D eigenvalue weighted by atomic mass is 16.5. The number of benzene rings is 1. The molecule has 1 aromatic carbocycles. The third-order valence-corrected chi connectivity index (χ3v) is 4.60. The summed E-state index contributed by atoms with van der Waals surface area (Å²) in [6.07, 6.45) is 1.21. The molecule has 2 heterocycles. The Balaban J connectivity index is 1.69. The van der Waals surface area contributed by atoms with E-state index in [4.69, 9.17) is 10.5 Å². The van der Waals surface area contributed by atoms with Crippen LogP contribution in [0.25, 0.3) is 0 Å². The van der Waals surface area contributed by atoms with Crippen LogP contribution in [0.4, 0.5) is 5.69 Å². The first-order valence-corrected chi connectivity index (χ1v) is 8.16. The Morgan fingerprint density at radius 1 is 1.39 bits per heavy atom. The van der Waals surface area contributed by atoms with Crippen LogP contribution in [-0.4, -0.2) is 48.9 Å². The van der Waals surface area contributed by atoms with Gasteiger partial charge in [-0.15, -0.1) is 0 Å². The molecule has 0 aliphatic carbocycles. The van der Waals surface area contributed by atoms with Gasteiger partial charge in [0.15, 0.2) is 11.9 Å². The zero-order chi connectivity index (χ0) is 16.4. The summed E-state index contributed by atoms with van der Waals surface area (Å²) in [5.41, 5.74) is 6.80. The van der Waals surface area contributed by atoms with Crippen molar-refractivity contribution in [2.45, 2.75) is 25.9 Å². The van der Waals surface area contributed by atoms with E-state index < -0.39 is 6.10 Å².